The molecular weight excluding hydrogens is 277 g/mol. The highest BCUT2D eigenvalue weighted by molar-refractivity contribution is 5.50. The summed E-state index contributed by atoms with van der Waals surface area (Å²) < 4.78 is 37.9. The van der Waals surface area contributed by atoms with E-state index in [1.807, 2.05) is 0 Å². The summed E-state index contributed by atoms with van der Waals surface area (Å²) in [6, 6.07) is 6.18. The number of rotatable bonds is 4. The van der Waals surface area contributed by atoms with Gasteiger partial charge in [0.05, 0.1) is 5.56 Å². The highest BCUT2D eigenvalue weighted by Crippen LogP contribution is 2.35. The predicted molar refractivity (Wildman–Crippen MR) is 77.4 cm³/mol. The molecule has 0 unspecified atom stereocenters. The first kappa shape index (κ1) is 14.7. The first-order chi connectivity index (χ1) is 10.0. The zero-order valence-corrected chi connectivity index (χ0v) is 12.0. The van der Waals surface area contributed by atoms with Crippen LogP contribution in [0.15, 0.2) is 24.3 Å². The fraction of sp³-hybridized carbons (Fsp3) is 0.625. The Morgan fingerprint density at radius 2 is 1.62 bits per heavy atom. The number of hydrogen-bond donors (Lipinski definition) is 1. The molecule has 1 heterocycles. The van der Waals surface area contributed by atoms with Gasteiger partial charge in [0, 0.05) is 18.3 Å². The van der Waals surface area contributed by atoms with Crippen LogP contribution in [0.4, 0.5) is 18.9 Å². The molecule has 0 atom stereocenters. The molecule has 0 amide bonds. The fourth-order valence-corrected chi connectivity index (χ4v) is 3.04. The van der Waals surface area contributed by atoms with Crippen LogP contribution >= 0.6 is 0 Å². The van der Waals surface area contributed by atoms with Gasteiger partial charge in [0.15, 0.2) is 0 Å². The number of nitrogens with zero attached hydrogens (tertiary/aromatic N) is 1. The number of nitrogens with one attached hydrogen (secondary N) is 1. The summed E-state index contributed by atoms with van der Waals surface area (Å²) in [5.74, 6) is 0.647. The third-order valence-electron chi connectivity index (χ3n) is 4.43. The van der Waals surface area contributed by atoms with Gasteiger partial charge in [-0.15, -0.1) is 0 Å². The Bertz CT molecular complexity index is 459. The molecule has 2 nitrogen and oxygen atoms in total. The van der Waals surface area contributed by atoms with Crippen LogP contribution in [0.3, 0.4) is 0 Å². The van der Waals surface area contributed by atoms with Crippen LogP contribution in [0.5, 0.6) is 0 Å². The van der Waals surface area contributed by atoms with Crippen molar-refractivity contribution in [3.8, 4) is 0 Å². The summed E-state index contributed by atoms with van der Waals surface area (Å²) in [6.07, 6.45) is 0.379. The second-order valence-corrected chi connectivity index (χ2v) is 6.12. The average Bonchev–Trinajstić information content (AvgIpc) is 3.30. The van der Waals surface area contributed by atoms with E-state index in [0.29, 0.717) is 12.0 Å². The Labute approximate surface area is 123 Å². The Morgan fingerprint density at radius 1 is 1.00 bits per heavy atom. The maximum atomic E-state index is 12.6. The van der Waals surface area contributed by atoms with E-state index in [1.54, 1.807) is 12.1 Å². The lowest BCUT2D eigenvalue weighted by atomic mass is 9.97. The second kappa shape index (κ2) is 5.87. The average molecular weight is 298 g/mol. The van der Waals surface area contributed by atoms with Crippen LogP contribution in [-0.4, -0.2) is 25.7 Å². The van der Waals surface area contributed by atoms with Gasteiger partial charge in [-0.05, 0) is 69.0 Å². The van der Waals surface area contributed by atoms with Crippen LogP contribution in [0.25, 0.3) is 0 Å². The fourth-order valence-electron chi connectivity index (χ4n) is 3.04. The molecule has 1 N–H and O–H groups in total. The van der Waals surface area contributed by atoms with Gasteiger partial charge in [-0.25, -0.2) is 0 Å². The molecule has 1 aromatic carbocycles. The van der Waals surface area contributed by atoms with Gasteiger partial charge in [-0.2, -0.15) is 13.2 Å². The normalized spacial score (nSPS) is 20.5. The minimum atomic E-state index is -4.25. The molecule has 1 saturated heterocycles. The number of piperidine rings is 1. The van der Waals surface area contributed by atoms with Crippen LogP contribution in [0, 0.1) is 5.92 Å². The first-order valence-electron chi connectivity index (χ1n) is 7.68. The van der Waals surface area contributed by atoms with Gasteiger partial charge in [-0.1, -0.05) is 0 Å². The Balaban J connectivity index is 1.71. The molecular formula is C16H21F3N2. The standard InChI is InChI=1S/C16H21F3N2/c17-16(18,19)13-1-3-14(4-2-13)21(15-5-6-15)11-12-7-9-20-10-8-12/h1-4,12,15,20H,5-11H2. The van der Waals surface area contributed by atoms with E-state index in [0.717, 1.165) is 51.0 Å². The Morgan fingerprint density at radius 3 is 2.14 bits per heavy atom. The number of halogens is 3. The van der Waals surface area contributed by atoms with Gasteiger partial charge >= 0.3 is 6.18 Å². The van der Waals surface area contributed by atoms with Gasteiger partial charge in [0.1, 0.15) is 0 Å². The maximum absolute atomic E-state index is 12.6. The van der Waals surface area contributed by atoms with Crippen molar-refractivity contribution in [2.24, 2.45) is 5.92 Å². The number of hydrogen-bond acceptors (Lipinski definition) is 2. The third kappa shape index (κ3) is 3.70. The SMILES string of the molecule is FC(F)(F)c1ccc(N(CC2CCNCC2)C2CC2)cc1. The highest BCUT2D eigenvalue weighted by atomic mass is 19.4. The predicted octanol–water partition coefficient (Wildman–Crippen LogP) is 3.67. The van der Waals surface area contributed by atoms with Crippen molar-refractivity contribution in [2.75, 3.05) is 24.5 Å². The van der Waals surface area contributed by atoms with Gasteiger partial charge < -0.3 is 10.2 Å². The molecule has 0 aromatic heterocycles. The number of benzene rings is 1. The quantitative estimate of drug-likeness (QED) is 0.912. The molecule has 1 aliphatic carbocycles. The van der Waals surface area contributed by atoms with Crippen molar-refractivity contribution >= 4 is 5.69 Å². The lowest BCUT2D eigenvalue weighted by Crippen LogP contribution is -2.37. The molecule has 1 saturated carbocycles. The molecule has 2 fully saturated rings. The van der Waals surface area contributed by atoms with Crippen molar-refractivity contribution < 1.29 is 13.2 Å². The molecule has 116 valence electrons. The zero-order chi connectivity index (χ0) is 14.9. The Hall–Kier alpha value is -1.23. The van der Waals surface area contributed by atoms with Crippen LogP contribution in [-0.2, 0) is 6.18 Å². The molecule has 1 aromatic rings. The minimum absolute atomic E-state index is 0.525. The third-order valence-corrected chi connectivity index (χ3v) is 4.43. The molecule has 0 bridgehead atoms. The van der Waals surface area contributed by atoms with Crippen LogP contribution < -0.4 is 10.2 Å². The van der Waals surface area contributed by atoms with Gasteiger partial charge in [0.2, 0.25) is 0 Å². The molecule has 1 aliphatic heterocycles. The molecule has 2 aliphatic rings. The summed E-state index contributed by atoms with van der Waals surface area (Å²) in [6.45, 7) is 3.07. The largest absolute Gasteiger partial charge is 0.416 e. The summed E-state index contributed by atoms with van der Waals surface area (Å²) >= 11 is 0. The number of alkyl halides is 3. The van der Waals surface area contributed by atoms with Crippen molar-refractivity contribution in [2.45, 2.75) is 37.9 Å². The topological polar surface area (TPSA) is 15.3 Å². The maximum Gasteiger partial charge on any atom is 0.416 e. The van der Waals surface area contributed by atoms with E-state index in [9.17, 15) is 13.2 Å². The molecule has 0 spiro atoms. The monoisotopic (exact) mass is 298 g/mol. The molecule has 0 radical (unpaired) electrons. The van der Waals surface area contributed by atoms with Crippen molar-refractivity contribution in [3.05, 3.63) is 29.8 Å². The van der Waals surface area contributed by atoms with Crippen LogP contribution in [0.1, 0.15) is 31.2 Å². The first-order valence-corrected chi connectivity index (χ1v) is 7.68. The smallest absolute Gasteiger partial charge is 0.368 e. The highest BCUT2D eigenvalue weighted by Gasteiger charge is 2.33. The van der Waals surface area contributed by atoms with E-state index < -0.39 is 11.7 Å². The van der Waals surface area contributed by atoms with Crippen molar-refractivity contribution in [3.63, 3.8) is 0 Å². The second-order valence-electron chi connectivity index (χ2n) is 6.12. The van der Waals surface area contributed by atoms with Crippen LogP contribution in [0.2, 0.25) is 0 Å². The summed E-state index contributed by atoms with van der Waals surface area (Å²) in [5, 5.41) is 3.35. The summed E-state index contributed by atoms with van der Waals surface area (Å²) in [4.78, 5) is 2.32. The minimum Gasteiger partial charge on any atom is -0.368 e. The lowest BCUT2D eigenvalue weighted by Gasteiger charge is -2.32. The van der Waals surface area contributed by atoms with E-state index in [2.05, 4.69) is 10.2 Å². The van der Waals surface area contributed by atoms with Crippen molar-refractivity contribution in [1.29, 1.82) is 0 Å². The van der Waals surface area contributed by atoms with Gasteiger partial charge in [-0.3, -0.25) is 0 Å². The van der Waals surface area contributed by atoms with Crippen molar-refractivity contribution in [1.82, 2.24) is 5.32 Å². The van der Waals surface area contributed by atoms with E-state index in [4.69, 9.17) is 0 Å². The van der Waals surface area contributed by atoms with Gasteiger partial charge in [0.25, 0.3) is 0 Å². The molecule has 5 heteroatoms. The number of anilines is 1. The molecule has 3 rings (SSSR count). The lowest BCUT2D eigenvalue weighted by molar-refractivity contribution is -0.137. The van der Waals surface area contributed by atoms with E-state index in [-0.39, 0.29) is 0 Å². The van der Waals surface area contributed by atoms with E-state index >= 15 is 0 Å². The Kier molecular flexibility index (Phi) is 4.11. The zero-order valence-electron chi connectivity index (χ0n) is 12.0. The molecule has 21 heavy (non-hydrogen) atoms. The summed E-state index contributed by atoms with van der Waals surface area (Å²) in [7, 11) is 0. The van der Waals surface area contributed by atoms with E-state index in [1.165, 1.54) is 12.1 Å². The summed E-state index contributed by atoms with van der Waals surface area (Å²) in [5.41, 5.74) is 0.368.